The number of aliphatic hydroxyl groups excluding tert-OH is 1. The Morgan fingerprint density at radius 1 is 1.14 bits per heavy atom. The van der Waals surface area contributed by atoms with E-state index in [2.05, 4.69) is 79.7 Å². The number of H-pyrrole nitrogens is 1. The number of benzene rings is 1. The van der Waals surface area contributed by atoms with E-state index in [4.69, 9.17) is 9.84 Å². The number of fused-ring (bicyclic) bond motifs is 1. The molecule has 0 saturated carbocycles. The molecule has 1 aliphatic carbocycles. The van der Waals surface area contributed by atoms with E-state index in [1.54, 1.807) is 0 Å². The maximum Gasteiger partial charge on any atom is 0.407 e. The van der Waals surface area contributed by atoms with Gasteiger partial charge in [0.15, 0.2) is 0 Å². The standard InChI is InChI=1S/C25H38N4O2.C3H8.CH4O/c1-23(2,3)19-9-7-10-20(15-19)25(12-11-21-18(16-25)17-28-29-21)27-14-8-13-26-22(30)31-24(4,5)6;1-3-2;1-2/h7,9-10,15,17,27H,8,11-14,16H2,1-6H3,(H,26,30)(H,28,29);3H2,1-2H3;2H,1H3. The van der Waals surface area contributed by atoms with Gasteiger partial charge in [0.05, 0.1) is 6.20 Å². The molecular formula is C29H50N4O3. The van der Waals surface area contributed by atoms with Gasteiger partial charge in [0.1, 0.15) is 5.60 Å². The van der Waals surface area contributed by atoms with Crippen molar-refractivity contribution in [1.29, 1.82) is 0 Å². The molecule has 1 aromatic carbocycles. The summed E-state index contributed by atoms with van der Waals surface area (Å²) in [6.07, 6.45) is 6.57. The van der Waals surface area contributed by atoms with Crippen molar-refractivity contribution in [3.05, 3.63) is 52.8 Å². The molecule has 0 aliphatic heterocycles. The van der Waals surface area contributed by atoms with Crippen LogP contribution in [-0.2, 0) is 28.5 Å². The highest BCUT2D eigenvalue weighted by molar-refractivity contribution is 5.67. The largest absolute Gasteiger partial charge is 0.444 e. The normalized spacial score (nSPS) is 17.1. The van der Waals surface area contributed by atoms with Crippen LogP contribution in [0.2, 0.25) is 0 Å². The zero-order chi connectivity index (χ0) is 27.4. The Morgan fingerprint density at radius 2 is 1.81 bits per heavy atom. The topological polar surface area (TPSA) is 99.3 Å². The summed E-state index contributed by atoms with van der Waals surface area (Å²) >= 11 is 0. The number of aromatic amines is 1. The molecule has 1 unspecified atom stereocenters. The Hall–Kier alpha value is -2.38. The van der Waals surface area contributed by atoms with Crippen LogP contribution < -0.4 is 10.6 Å². The van der Waals surface area contributed by atoms with Gasteiger partial charge in [0.2, 0.25) is 0 Å². The lowest BCUT2D eigenvalue weighted by molar-refractivity contribution is 0.0527. The number of hydrogen-bond donors (Lipinski definition) is 4. The number of carbonyl (C=O) groups excluding carboxylic acids is 1. The third-order valence-corrected chi connectivity index (χ3v) is 5.87. The average Bonchev–Trinajstić information content (AvgIpc) is 3.27. The van der Waals surface area contributed by atoms with Crippen molar-refractivity contribution >= 4 is 6.09 Å². The molecule has 1 amide bonds. The van der Waals surface area contributed by atoms with Gasteiger partial charge in [-0.1, -0.05) is 65.3 Å². The minimum absolute atomic E-state index is 0.101. The zero-order valence-corrected chi connectivity index (χ0v) is 24.0. The van der Waals surface area contributed by atoms with E-state index in [1.165, 1.54) is 28.8 Å². The highest BCUT2D eigenvalue weighted by Crippen LogP contribution is 2.37. The fraction of sp³-hybridized carbons (Fsp3) is 0.655. The van der Waals surface area contributed by atoms with Crippen molar-refractivity contribution in [2.75, 3.05) is 20.2 Å². The maximum atomic E-state index is 11.9. The van der Waals surface area contributed by atoms with Crippen LogP contribution in [0.3, 0.4) is 0 Å². The lowest BCUT2D eigenvalue weighted by Gasteiger charge is -2.39. The predicted molar refractivity (Wildman–Crippen MR) is 148 cm³/mol. The molecule has 3 rings (SSSR count). The lowest BCUT2D eigenvalue weighted by Crippen LogP contribution is -2.47. The molecule has 1 atom stereocenters. The summed E-state index contributed by atoms with van der Waals surface area (Å²) in [5.41, 5.74) is 4.69. The first-order valence-electron chi connectivity index (χ1n) is 13.2. The Morgan fingerprint density at radius 3 is 2.42 bits per heavy atom. The van der Waals surface area contributed by atoms with E-state index in [0.717, 1.165) is 39.3 Å². The second-order valence-corrected chi connectivity index (χ2v) is 11.4. The van der Waals surface area contributed by atoms with Gasteiger partial charge in [0.25, 0.3) is 0 Å². The van der Waals surface area contributed by atoms with Crippen LogP contribution in [0.5, 0.6) is 0 Å². The maximum absolute atomic E-state index is 11.9. The van der Waals surface area contributed by atoms with Gasteiger partial charge in [0, 0.05) is 24.9 Å². The van der Waals surface area contributed by atoms with E-state index < -0.39 is 5.60 Å². The van der Waals surface area contributed by atoms with E-state index >= 15 is 0 Å². The number of nitrogens with one attached hydrogen (secondary N) is 3. The molecule has 0 radical (unpaired) electrons. The van der Waals surface area contributed by atoms with Crippen LogP contribution in [0.1, 0.15) is 97.0 Å². The summed E-state index contributed by atoms with van der Waals surface area (Å²) < 4.78 is 5.32. The highest BCUT2D eigenvalue weighted by Gasteiger charge is 2.37. The Labute approximate surface area is 218 Å². The molecule has 0 bridgehead atoms. The predicted octanol–water partition coefficient (Wildman–Crippen LogP) is 5.62. The fourth-order valence-electron chi connectivity index (χ4n) is 4.16. The van der Waals surface area contributed by atoms with Crippen LogP contribution in [0.4, 0.5) is 4.79 Å². The minimum atomic E-state index is -0.477. The van der Waals surface area contributed by atoms with Gasteiger partial charge >= 0.3 is 6.09 Å². The SMILES string of the molecule is CC(C)(C)OC(=O)NCCCNC1(c2cccc(C(C)(C)C)c2)CCc2[nH]ncc2C1.CCC.CO. The Kier molecular flexibility index (Phi) is 12.6. The summed E-state index contributed by atoms with van der Waals surface area (Å²) in [5.74, 6) is 0. The number of aromatic nitrogens is 2. The zero-order valence-electron chi connectivity index (χ0n) is 24.0. The number of ether oxygens (including phenoxy) is 1. The number of aliphatic hydroxyl groups is 1. The van der Waals surface area contributed by atoms with Crippen molar-refractivity contribution in [2.45, 2.75) is 104 Å². The summed E-state index contributed by atoms with van der Waals surface area (Å²) in [6, 6.07) is 8.99. The summed E-state index contributed by atoms with van der Waals surface area (Å²) in [6.45, 7) is 18.0. The molecule has 7 heteroatoms. The number of alkyl carbamates (subject to hydrolysis) is 1. The smallest absolute Gasteiger partial charge is 0.407 e. The van der Waals surface area contributed by atoms with Crippen LogP contribution in [0, 0.1) is 0 Å². The second-order valence-electron chi connectivity index (χ2n) is 11.4. The molecule has 0 fully saturated rings. The molecule has 7 nitrogen and oxygen atoms in total. The van der Waals surface area contributed by atoms with Gasteiger partial charge in [-0.05, 0) is 75.1 Å². The Bertz CT molecular complexity index is 912. The number of amides is 1. The quantitative estimate of drug-likeness (QED) is 0.384. The van der Waals surface area contributed by atoms with Crippen LogP contribution in [0.25, 0.3) is 0 Å². The van der Waals surface area contributed by atoms with Crippen LogP contribution in [0.15, 0.2) is 30.5 Å². The van der Waals surface area contributed by atoms with E-state index in [9.17, 15) is 4.79 Å². The second kappa shape index (κ2) is 14.4. The molecule has 36 heavy (non-hydrogen) atoms. The number of aryl methyl sites for hydroxylation is 1. The van der Waals surface area contributed by atoms with Crippen molar-refractivity contribution in [2.24, 2.45) is 0 Å². The van der Waals surface area contributed by atoms with Gasteiger partial charge in [-0.2, -0.15) is 5.10 Å². The summed E-state index contributed by atoms with van der Waals surface area (Å²) in [5, 5.41) is 21.1. The molecule has 2 aromatic rings. The number of rotatable bonds is 6. The molecule has 1 aliphatic rings. The van der Waals surface area contributed by atoms with Gasteiger partial charge in [-0.3, -0.25) is 5.10 Å². The monoisotopic (exact) mass is 502 g/mol. The number of carbonyl (C=O) groups is 1. The van der Waals surface area contributed by atoms with E-state index in [-0.39, 0.29) is 17.0 Å². The van der Waals surface area contributed by atoms with Crippen LogP contribution in [-0.4, -0.2) is 47.2 Å². The van der Waals surface area contributed by atoms with E-state index in [0.29, 0.717) is 6.54 Å². The van der Waals surface area contributed by atoms with Crippen molar-refractivity contribution in [3.63, 3.8) is 0 Å². The number of nitrogens with zero attached hydrogens (tertiary/aromatic N) is 1. The van der Waals surface area contributed by atoms with Gasteiger partial charge < -0.3 is 20.5 Å². The number of hydrogen-bond acceptors (Lipinski definition) is 5. The third kappa shape index (κ3) is 9.94. The summed E-state index contributed by atoms with van der Waals surface area (Å²) in [4.78, 5) is 11.9. The molecule has 1 heterocycles. The molecule has 0 spiro atoms. The Balaban J connectivity index is 0.00000120. The molecule has 4 N–H and O–H groups in total. The molecule has 0 saturated heterocycles. The molecule has 1 aromatic heterocycles. The fourth-order valence-corrected chi connectivity index (χ4v) is 4.16. The average molecular weight is 503 g/mol. The molecule has 204 valence electrons. The van der Waals surface area contributed by atoms with Crippen LogP contribution >= 0.6 is 0 Å². The first kappa shape index (κ1) is 31.6. The molecular weight excluding hydrogens is 452 g/mol. The van der Waals surface area contributed by atoms with Crippen molar-refractivity contribution < 1.29 is 14.6 Å². The first-order chi connectivity index (χ1) is 16.9. The summed E-state index contributed by atoms with van der Waals surface area (Å²) in [7, 11) is 1.00. The van der Waals surface area contributed by atoms with Crippen molar-refractivity contribution in [3.8, 4) is 0 Å². The van der Waals surface area contributed by atoms with Gasteiger partial charge in [-0.25, -0.2) is 4.79 Å². The minimum Gasteiger partial charge on any atom is -0.444 e. The first-order valence-corrected chi connectivity index (χ1v) is 13.2. The lowest BCUT2D eigenvalue weighted by atomic mass is 9.74. The van der Waals surface area contributed by atoms with Crippen molar-refractivity contribution in [1.82, 2.24) is 20.8 Å². The highest BCUT2D eigenvalue weighted by atomic mass is 16.6. The third-order valence-electron chi connectivity index (χ3n) is 5.87. The van der Waals surface area contributed by atoms with Gasteiger partial charge in [-0.15, -0.1) is 0 Å². The van der Waals surface area contributed by atoms with E-state index in [1.807, 2.05) is 27.0 Å².